The summed E-state index contributed by atoms with van der Waals surface area (Å²) >= 11 is 0. The number of carboxylic acids is 1. The molecule has 1 unspecified atom stereocenters. The number of rotatable bonds is 3. The predicted octanol–water partition coefficient (Wildman–Crippen LogP) is 2.38. The van der Waals surface area contributed by atoms with Gasteiger partial charge in [0, 0.05) is 18.7 Å². The van der Waals surface area contributed by atoms with E-state index in [9.17, 15) is 14.7 Å². The maximum Gasteiger partial charge on any atom is 0.312 e. The van der Waals surface area contributed by atoms with Gasteiger partial charge in [-0.25, -0.2) is 0 Å². The second-order valence-corrected chi connectivity index (χ2v) is 6.17. The van der Waals surface area contributed by atoms with Crippen molar-refractivity contribution < 1.29 is 19.4 Å². The molecule has 2 aliphatic heterocycles. The van der Waals surface area contributed by atoms with Crippen LogP contribution in [0.15, 0.2) is 42.5 Å². The summed E-state index contributed by atoms with van der Waals surface area (Å²) in [7, 11) is 0. The molecule has 0 aliphatic carbocycles. The number of anilines is 1. The first-order valence-corrected chi connectivity index (χ1v) is 8.00. The minimum atomic E-state index is -0.896. The van der Waals surface area contributed by atoms with Crippen LogP contribution in [0, 0.1) is 0 Å². The SMILES string of the molecule is O=C(O)C1CN(C(=O)Cc2ccc3c(c2)CCO3)c2ccccc21. The van der Waals surface area contributed by atoms with E-state index >= 15 is 0 Å². The molecule has 0 saturated carbocycles. The number of fused-ring (bicyclic) bond motifs is 2. The molecule has 5 heteroatoms. The lowest BCUT2D eigenvalue weighted by Gasteiger charge is -2.17. The minimum Gasteiger partial charge on any atom is -0.493 e. The van der Waals surface area contributed by atoms with Gasteiger partial charge in [0.2, 0.25) is 5.91 Å². The van der Waals surface area contributed by atoms with Crippen molar-refractivity contribution in [2.75, 3.05) is 18.1 Å². The highest BCUT2D eigenvalue weighted by atomic mass is 16.5. The lowest BCUT2D eigenvalue weighted by Crippen LogP contribution is -2.32. The average Bonchev–Trinajstić information content (AvgIpc) is 3.18. The highest BCUT2D eigenvalue weighted by Gasteiger charge is 2.36. The number of nitrogens with zero attached hydrogens (tertiary/aromatic N) is 1. The zero-order valence-corrected chi connectivity index (χ0v) is 13.1. The Hall–Kier alpha value is -2.82. The summed E-state index contributed by atoms with van der Waals surface area (Å²) in [4.78, 5) is 25.8. The standard InChI is InChI=1S/C19H17NO4/c21-18(10-12-5-6-17-13(9-12)7-8-24-17)20-11-15(19(22)23)14-3-1-2-4-16(14)20/h1-6,9,15H,7-8,10-11H2,(H,22,23). The van der Waals surface area contributed by atoms with Gasteiger partial charge in [0.15, 0.2) is 0 Å². The van der Waals surface area contributed by atoms with Crippen molar-refractivity contribution in [2.45, 2.75) is 18.8 Å². The van der Waals surface area contributed by atoms with E-state index in [0.717, 1.165) is 23.3 Å². The van der Waals surface area contributed by atoms with E-state index in [4.69, 9.17) is 4.74 Å². The Morgan fingerprint density at radius 2 is 2.04 bits per heavy atom. The summed E-state index contributed by atoms with van der Waals surface area (Å²) in [5.74, 6) is -0.736. The van der Waals surface area contributed by atoms with Crippen molar-refractivity contribution in [1.29, 1.82) is 0 Å². The Kier molecular flexibility index (Phi) is 3.49. The molecule has 0 aromatic heterocycles. The molecule has 2 aromatic rings. The number of ether oxygens (including phenoxy) is 1. The Balaban J connectivity index is 1.58. The molecule has 5 nitrogen and oxygen atoms in total. The molecule has 0 bridgehead atoms. The average molecular weight is 323 g/mol. The Bertz CT molecular complexity index is 830. The third-order valence-electron chi connectivity index (χ3n) is 4.68. The third kappa shape index (κ3) is 2.42. The lowest BCUT2D eigenvalue weighted by molar-refractivity contribution is -0.138. The van der Waals surface area contributed by atoms with Gasteiger partial charge in [0.05, 0.1) is 13.0 Å². The van der Waals surface area contributed by atoms with Crippen LogP contribution < -0.4 is 9.64 Å². The van der Waals surface area contributed by atoms with Crippen molar-refractivity contribution in [1.82, 2.24) is 0 Å². The van der Waals surface area contributed by atoms with E-state index in [1.165, 1.54) is 0 Å². The molecule has 2 aromatic carbocycles. The van der Waals surface area contributed by atoms with E-state index in [0.29, 0.717) is 17.9 Å². The van der Waals surface area contributed by atoms with E-state index in [2.05, 4.69) is 0 Å². The van der Waals surface area contributed by atoms with Gasteiger partial charge in [-0.1, -0.05) is 30.3 Å². The first kappa shape index (κ1) is 14.8. The van der Waals surface area contributed by atoms with Crippen LogP contribution in [-0.4, -0.2) is 30.1 Å². The number of carbonyl (C=O) groups is 2. The van der Waals surface area contributed by atoms with Crippen LogP contribution in [-0.2, 0) is 22.4 Å². The van der Waals surface area contributed by atoms with Crippen molar-refractivity contribution in [3.05, 3.63) is 59.2 Å². The molecular weight excluding hydrogens is 306 g/mol. The number of hydrogen-bond acceptors (Lipinski definition) is 3. The molecule has 1 atom stereocenters. The zero-order chi connectivity index (χ0) is 16.7. The molecule has 122 valence electrons. The molecule has 1 amide bonds. The Morgan fingerprint density at radius 3 is 2.88 bits per heavy atom. The van der Waals surface area contributed by atoms with Crippen LogP contribution in [0.1, 0.15) is 22.6 Å². The highest BCUT2D eigenvalue weighted by molar-refractivity contribution is 5.99. The summed E-state index contributed by atoms with van der Waals surface area (Å²) in [6.45, 7) is 0.883. The Morgan fingerprint density at radius 1 is 1.21 bits per heavy atom. The van der Waals surface area contributed by atoms with Crippen LogP contribution in [0.25, 0.3) is 0 Å². The monoisotopic (exact) mass is 323 g/mol. The summed E-state index contributed by atoms with van der Waals surface area (Å²) in [5.41, 5.74) is 3.48. The molecule has 24 heavy (non-hydrogen) atoms. The number of amides is 1. The first-order valence-electron chi connectivity index (χ1n) is 8.00. The van der Waals surface area contributed by atoms with Crippen molar-refractivity contribution >= 4 is 17.6 Å². The van der Waals surface area contributed by atoms with E-state index in [1.807, 2.05) is 36.4 Å². The number of benzene rings is 2. The van der Waals surface area contributed by atoms with Crippen molar-refractivity contribution in [2.24, 2.45) is 0 Å². The predicted molar refractivity (Wildman–Crippen MR) is 88.5 cm³/mol. The van der Waals surface area contributed by atoms with Gasteiger partial charge in [-0.05, 0) is 28.8 Å². The number of aliphatic carboxylic acids is 1. The van der Waals surface area contributed by atoms with E-state index < -0.39 is 11.9 Å². The van der Waals surface area contributed by atoms with Crippen LogP contribution >= 0.6 is 0 Å². The number of hydrogen-bond donors (Lipinski definition) is 1. The maximum absolute atomic E-state index is 12.7. The summed E-state index contributed by atoms with van der Waals surface area (Å²) in [6, 6.07) is 13.1. The fourth-order valence-electron chi connectivity index (χ4n) is 3.47. The molecular formula is C19H17NO4. The van der Waals surface area contributed by atoms with Crippen LogP contribution in [0.5, 0.6) is 5.75 Å². The van der Waals surface area contributed by atoms with Crippen molar-refractivity contribution in [3.8, 4) is 5.75 Å². The molecule has 0 saturated heterocycles. The minimum absolute atomic E-state index is 0.0786. The molecule has 4 rings (SSSR count). The lowest BCUT2D eigenvalue weighted by atomic mass is 10.0. The van der Waals surface area contributed by atoms with Crippen LogP contribution in [0.2, 0.25) is 0 Å². The topological polar surface area (TPSA) is 66.8 Å². The van der Waals surface area contributed by atoms with Gasteiger partial charge >= 0.3 is 5.97 Å². The highest BCUT2D eigenvalue weighted by Crippen LogP contribution is 2.36. The van der Waals surface area contributed by atoms with Gasteiger partial charge in [-0.2, -0.15) is 0 Å². The molecule has 2 aliphatic rings. The summed E-state index contributed by atoms with van der Waals surface area (Å²) in [6.07, 6.45) is 1.12. The maximum atomic E-state index is 12.7. The zero-order valence-electron chi connectivity index (χ0n) is 13.1. The molecule has 2 heterocycles. The fraction of sp³-hybridized carbons (Fsp3) is 0.263. The Labute approximate surface area is 139 Å². The second kappa shape index (κ2) is 5.67. The third-order valence-corrected chi connectivity index (χ3v) is 4.68. The molecule has 0 radical (unpaired) electrons. The smallest absolute Gasteiger partial charge is 0.312 e. The van der Waals surface area contributed by atoms with Gasteiger partial charge in [-0.15, -0.1) is 0 Å². The van der Waals surface area contributed by atoms with Gasteiger partial charge in [0.25, 0.3) is 0 Å². The second-order valence-electron chi connectivity index (χ2n) is 6.17. The van der Waals surface area contributed by atoms with Gasteiger partial charge in [0.1, 0.15) is 11.7 Å². The summed E-state index contributed by atoms with van der Waals surface area (Å²) in [5, 5.41) is 9.40. The summed E-state index contributed by atoms with van der Waals surface area (Å²) < 4.78 is 5.48. The van der Waals surface area contributed by atoms with Gasteiger partial charge < -0.3 is 14.7 Å². The fourth-order valence-corrected chi connectivity index (χ4v) is 3.47. The number of carboxylic acid groups (broad SMARTS) is 1. The molecule has 0 spiro atoms. The quantitative estimate of drug-likeness (QED) is 0.942. The largest absolute Gasteiger partial charge is 0.493 e. The van der Waals surface area contributed by atoms with Crippen molar-refractivity contribution in [3.63, 3.8) is 0 Å². The first-order chi connectivity index (χ1) is 11.6. The van der Waals surface area contributed by atoms with E-state index in [-0.39, 0.29) is 18.9 Å². The van der Waals surface area contributed by atoms with Crippen LogP contribution in [0.3, 0.4) is 0 Å². The van der Waals surface area contributed by atoms with E-state index in [1.54, 1.807) is 11.0 Å². The molecule has 1 N–H and O–H groups in total. The van der Waals surface area contributed by atoms with Crippen LogP contribution in [0.4, 0.5) is 5.69 Å². The van der Waals surface area contributed by atoms with Gasteiger partial charge in [-0.3, -0.25) is 9.59 Å². The number of para-hydroxylation sites is 1. The number of carbonyl (C=O) groups excluding carboxylic acids is 1. The normalized spacial score (nSPS) is 18.0. The molecule has 0 fully saturated rings.